The average Bonchev–Trinajstić information content (AvgIpc) is 1.35. The van der Waals surface area contributed by atoms with Crippen molar-refractivity contribution in [2.24, 2.45) is 0 Å². The summed E-state index contributed by atoms with van der Waals surface area (Å²) in [6.45, 7) is 0. The minimum atomic E-state index is -4.78. The second kappa shape index (κ2) is 2.39. The van der Waals surface area contributed by atoms with Crippen molar-refractivity contribution in [3.05, 3.63) is 4.98 Å². The average molecular weight is 113 g/mol. The normalized spacial score (nSPS) is 8.86. The molecule has 0 aliphatic rings. The molecule has 0 amide bonds. The van der Waals surface area contributed by atoms with Crippen LogP contribution < -0.4 is 0 Å². The van der Waals surface area contributed by atoms with Crippen LogP contribution in [-0.2, 0) is 0 Å². The largest absolute Gasteiger partial charge is 0.788 e. The van der Waals surface area contributed by atoms with E-state index in [1.807, 2.05) is 0 Å². The molecular formula is C2H4F3N2+. The first-order valence-corrected chi connectivity index (χ1v) is 0.991. The Hall–Kier alpha value is -0.790. The zero-order chi connectivity index (χ0) is 5.21. The van der Waals surface area contributed by atoms with E-state index >= 15 is 0 Å². The van der Waals surface area contributed by atoms with Crippen LogP contribution in [0.5, 0.6) is 0 Å². The number of hydrogen-bond donors (Lipinski definition) is 0. The standard InChI is InChI=1S/CF3N2.CH4/c2-1(3,4)6-5;/h;1H4/q+1;. The van der Waals surface area contributed by atoms with E-state index in [4.69, 9.17) is 5.39 Å². The number of hydrogen-bond acceptors (Lipinski definition) is 1. The monoisotopic (exact) mass is 113 g/mol. The molecule has 0 fully saturated rings. The summed E-state index contributed by atoms with van der Waals surface area (Å²) in [6.07, 6.45) is -4.78. The summed E-state index contributed by atoms with van der Waals surface area (Å²) in [5.74, 6) is 0. The molecule has 5 heteroatoms. The molecule has 0 bridgehead atoms. The third-order valence-electron chi connectivity index (χ3n) is 0.113. The smallest absolute Gasteiger partial charge is 0.0880 e. The Morgan fingerprint density at radius 2 is 1.43 bits per heavy atom. The van der Waals surface area contributed by atoms with Crippen LogP contribution in [0.4, 0.5) is 13.2 Å². The van der Waals surface area contributed by atoms with Gasteiger partial charge in [0.15, 0.2) is 0 Å². The van der Waals surface area contributed by atoms with Gasteiger partial charge in [-0.2, -0.15) is 0 Å². The molecule has 42 valence electrons. The topological polar surface area (TPSA) is 28.1 Å². The zero-order valence-corrected chi connectivity index (χ0v) is 2.53. The van der Waals surface area contributed by atoms with E-state index in [1.54, 1.807) is 0 Å². The number of halogens is 3. The highest BCUT2D eigenvalue weighted by Gasteiger charge is 2.46. The van der Waals surface area contributed by atoms with Crippen molar-refractivity contribution >= 4 is 0 Å². The quantitative estimate of drug-likeness (QED) is 0.348. The van der Waals surface area contributed by atoms with Gasteiger partial charge >= 0.3 is 6.30 Å². The summed E-state index contributed by atoms with van der Waals surface area (Å²) in [7, 11) is 0. The molecule has 0 unspecified atom stereocenters. The molecule has 0 aromatic carbocycles. The Kier molecular flexibility index (Phi) is 3.25. The molecular weight excluding hydrogens is 109 g/mol. The van der Waals surface area contributed by atoms with Crippen molar-refractivity contribution in [1.29, 1.82) is 5.39 Å². The van der Waals surface area contributed by atoms with Crippen molar-refractivity contribution in [2.75, 3.05) is 0 Å². The molecule has 0 rings (SSSR count). The molecule has 0 atom stereocenters. The van der Waals surface area contributed by atoms with Gasteiger partial charge in [-0.25, -0.2) is 0 Å². The van der Waals surface area contributed by atoms with Crippen LogP contribution in [0.3, 0.4) is 0 Å². The summed E-state index contributed by atoms with van der Waals surface area (Å²) >= 11 is 0. The third-order valence-corrected chi connectivity index (χ3v) is 0.113. The van der Waals surface area contributed by atoms with Gasteiger partial charge in [-0.15, -0.1) is 0 Å². The molecule has 0 aromatic heterocycles. The highest BCUT2D eigenvalue weighted by atomic mass is 19.4. The molecule has 0 saturated carbocycles. The highest BCUT2D eigenvalue weighted by molar-refractivity contribution is 4.54. The molecule has 0 radical (unpaired) electrons. The second-order valence-electron chi connectivity index (χ2n) is 0.568. The molecule has 0 saturated heterocycles. The van der Waals surface area contributed by atoms with Gasteiger partial charge in [-0.05, 0) is 0 Å². The van der Waals surface area contributed by atoms with Gasteiger partial charge in [0.05, 0.1) is 0 Å². The van der Waals surface area contributed by atoms with Gasteiger partial charge in [0.1, 0.15) is 0 Å². The maximum absolute atomic E-state index is 10.4. The first-order valence-electron chi connectivity index (χ1n) is 0.991. The third kappa shape index (κ3) is 11.0. The van der Waals surface area contributed by atoms with E-state index < -0.39 is 6.30 Å². The Bertz CT molecular complexity index is 77.9. The van der Waals surface area contributed by atoms with Gasteiger partial charge in [0.2, 0.25) is 5.39 Å². The van der Waals surface area contributed by atoms with Crippen LogP contribution in [0.25, 0.3) is 4.98 Å². The number of rotatable bonds is 0. The van der Waals surface area contributed by atoms with Gasteiger partial charge in [-0.1, -0.05) is 20.6 Å². The summed E-state index contributed by atoms with van der Waals surface area (Å²) < 4.78 is 31.1. The minimum Gasteiger partial charge on any atom is -0.0880 e. The van der Waals surface area contributed by atoms with E-state index in [9.17, 15) is 13.2 Å². The Morgan fingerprint density at radius 1 is 1.29 bits per heavy atom. The van der Waals surface area contributed by atoms with E-state index in [-0.39, 0.29) is 7.43 Å². The van der Waals surface area contributed by atoms with Gasteiger partial charge in [-0.3, -0.25) is 0 Å². The van der Waals surface area contributed by atoms with Crippen LogP contribution in [0.15, 0.2) is 0 Å². The van der Waals surface area contributed by atoms with Crippen LogP contribution in [-0.4, -0.2) is 6.30 Å². The Balaban J connectivity index is 0. The highest BCUT2D eigenvalue weighted by Crippen LogP contribution is 2.14. The van der Waals surface area contributed by atoms with Crippen molar-refractivity contribution < 1.29 is 13.2 Å². The molecule has 0 aliphatic carbocycles. The number of nitrogens with zero attached hydrogens (tertiary/aromatic N) is 2. The van der Waals surface area contributed by atoms with Crippen molar-refractivity contribution in [3.8, 4) is 0 Å². The lowest BCUT2D eigenvalue weighted by Gasteiger charge is -1.67. The first-order chi connectivity index (χ1) is 2.56. The summed E-state index contributed by atoms with van der Waals surface area (Å²) in [5, 5.41) is 6.90. The fraction of sp³-hybridized carbons (Fsp3) is 1.00. The molecule has 0 aliphatic heterocycles. The predicted octanol–water partition coefficient (Wildman–Crippen LogP) is 2.00. The van der Waals surface area contributed by atoms with E-state index in [2.05, 4.69) is 0 Å². The number of alkyl halides is 3. The maximum Gasteiger partial charge on any atom is 0.788 e. The molecule has 2 nitrogen and oxygen atoms in total. The van der Waals surface area contributed by atoms with Gasteiger partial charge in [0.25, 0.3) is 4.98 Å². The molecule has 0 spiro atoms. The number of diazo groups is 1. The maximum atomic E-state index is 10.4. The van der Waals surface area contributed by atoms with Crippen molar-refractivity contribution in [2.45, 2.75) is 13.7 Å². The van der Waals surface area contributed by atoms with Crippen molar-refractivity contribution in [3.63, 3.8) is 0 Å². The van der Waals surface area contributed by atoms with E-state index in [0.717, 1.165) is 4.98 Å². The lowest BCUT2D eigenvalue weighted by molar-refractivity contribution is -0.0850. The minimum absolute atomic E-state index is 0. The van der Waals surface area contributed by atoms with Gasteiger partial charge < -0.3 is 0 Å². The van der Waals surface area contributed by atoms with Gasteiger partial charge in [0, 0.05) is 0 Å². The Labute approximate surface area is 38.6 Å². The predicted molar refractivity (Wildman–Crippen MR) is 17.9 cm³/mol. The van der Waals surface area contributed by atoms with Crippen LogP contribution in [0.1, 0.15) is 7.43 Å². The summed E-state index contributed by atoms with van der Waals surface area (Å²) in [4.78, 5) is 1.02. The fourth-order valence-electron chi connectivity index (χ4n) is 0. The second-order valence-corrected chi connectivity index (χ2v) is 0.568. The molecule has 0 heterocycles. The first kappa shape index (κ1) is 9.51. The molecule has 7 heavy (non-hydrogen) atoms. The van der Waals surface area contributed by atoms with Crippen LogP contribution >= 0.6 is 0 Å². The SMILES string of the molecule is C.N#[N+]C(F)(F)F. The Morgan fingerprint density at radius 3 is 1.43 bits per heavy atom. The lowest BCUT2D eigenvalue weighted by Crippen LogP contribution is -1.95. The zero-order valence-electron chi connectivity index (χ0n) is 2.53. The van der Waals surface area contributed by atoms with Crippen LogP contribution in [0, 0.1) is 5.39 Å². The summed E-state index contributed by atoms with van der Waals surface area (Å²) in [5.41, 5.74) is 0. The summed E-state index contributed by atoms with van der Waals surface area (Å²) in [6, 6.07) is 0. The molecule has 0 N–H and O–H groups in total. The lowest BCUT2D eigenvalue weighted by atomic mass is 11.2. The fourth-order valence-corrected chi connectivity index (χ4v) is 0. The van der Waals surface area contributed by atoms with E-state index in [0.29, 0.717) is 0 Å². The van der Waals surface area contributed by atoms with Crippen LogP contribution in [0.2, 0.25) is 0 Å². The van der Waals surface area contributed by atoms with E-state index in [1.165, 1.54) is 0 Å². The van der Waals surface area contributed by atoms with Crippen molar-refractivity contribution in [1.82, 2.24) is 0 Å². The molecule has 0 aromatic rings.